The van der Waals surface area contributed by atoms with Crippen LogP contribution in [0.2, 0.25) is 0 Å². The molecule has 9 nitrogen and oxygen atoms in total. The highest BCUT2D eigenvalue weighted by Gasteiger charge is 2.43. The average Bonchev–Trinajstić information content (AvgIpc) is 3.05. The molecule has 3 aromatic rings. The number of amides is 1. The van der Waals surface area contributed by atoms with Gasteiger partial charge in [0.15, 0.2) is 17.4 Å². The van der Waals surface area contributed by atoms with Crippen molar-refractivity contribution in [3.05, 3.63) is 69.9 Å². The third-order valence-electron chi connectivity index (χ3n) is 5.47. The normalized spacial score (nSPS) is 14.3. The van der Waals surface area contributed by atoms with E-state index in [4.69, 9.17) is 14.2 Å². The lowest BCUT2D eigenvalue weighted by molar-refractivity contribution is 0.0552. The topological polar surface area (TPSA) is 95.8 Å². The lowest BCUT2D eigenvalue weighted by Gasteiger charge is -2.32. The van der Waals surface area contributed by atoms with Crippen molar-refractivity contribution in [2.45, 2.75) is 65.8 Å². The van der Waals surface area contributed by atoms with Gasteiger partial charge < -0.3 is 14.2 Å². The number of halogens is 2. The molecule has 0 fully saturated rings. The van der Waals surface area contributed by atoms with E-state index in [-0.39, 0.29) is 36.2 Å². The number of aromatic nitrogens is 3. The van der Waals surface area contributed by atoms with Crippen molar-refractivity contribution in [3.63, 3.8) is 0 Å². The largest absolute Gasteiger partial charge is 0.473 e. The van der Waals surface area contributed by atoms with Crippen LogP contribution in [0.25, 0.3) is 0 Å². The second-order valence-corrected chi connectivity index (χ2v) is 10.4. The summed E-state index contributed by atoms with van der Waals surface area (Å²) in [5.41, 5.74) is -1.24. The van der Waals surface area contributed by atoms with E-state index in [0.29, 0.717) is 0 Å². The van der Waals surface area contributed by atoms with E-state index in [2.05, 4.69) is 9.97 Å². The number of hydrogen-bond donors (Lipinski definition) is 0. The molecule has 0 aliphatic carbocycles. The molecule has 1 aliphatic rings. The smallest absolute Gasteiger partial charge is 0.416 e. The zero-order chi connectivity index (χ0) is 27.1. The fourth-order valence-electron chi connectivity index (χ4n) is 3.88. The minimum Gasteiger partial charge on any atom is -0.473 e. The number of pyridine rings is 1. The van der Waals surface area contributed by atoms with E-state index in [1.165, 1.54) is 21.7 Å². The van der Waals surface area contributed by atoms with Crippen LogP contribution in [-0.4, -0.2) is 31.8 Å². The second-order valence-electron chi connectivity index (χ2n) is 10.4. The van der Waals surface area contributed by atoms with Gasteiger partial charge in [0, 0.05) is 11.8 Å². The Labute approximate surface area is 212 Å². The van der Waals surface area contributed by atoms with Gasteiger partial charge in [0.2, 0.25) is 5.88 Å². The Bertz CT molecular complexity index is 1370. The van der Waals surface area contributed by atoms with Gasteiger partial charge in [-0.15, -0.1) is 0 Å². The molecular weight excluding hydrogens is 486 g/mol. The van der Waals surface area contributed by atoms with E-state index in [9.17, 15) is 18.4 Å². The second kappa shape index (κ2) is 9.45. The van der Waals surface area contributed by atoms with Crippen LogP contribution in [0.15, 0.2) is 41.3 Å². The molecule has 11 heteroatoms. The Kier molecular flexibility index (Phi) is 6.66. The highest BCUT2D eigenvalue weighted by Crippen LogP contribution is 2.35. The first-order valence-electron chi connectivity index (χ1n) is 11.6. The van der Waals surface area contributed by atoms with Crippen molar-refractivity contribution in [2.24, 2.45) is 0 Å². The summed E-state index contributed by atoms with van der Waals surface area (Å²) in [7, 11) is 0. The summed E-state index contributed by atoms with van der Waals surface area (Å²) in [5, 5.41) is 0. The van der Waals surface area contributed by atoms with Gasteiger partial charge in [0.1, 0.15) is 23.8 Å². The summed E-state index contributed by atoms with van der Waals surface area (Å²) in [6, 6.07) is 6.77. The zero-order valence-corrected chi connectivity index (χ0v) is 21.5. The average molecular weight is 515 g/mol. The van der Waals surface area contributed by atoms with Crippen molar-refractivity contribution in [3.8, 4) is 17.4 Å². The minimum absolute atomic E-state index is 0.102. The van der Waals surface area contributed by atoms with Gasteiger partial charge >= 0.3 is 11.8 Å². The Hall–Kier alpha value is -4.02. The van der Waals surface area contributed by atoms with Gasteiger partial charge in [-0.3, -0.25) is 14.5 Å². The van der Waals surface area contributed by atoms with Crippen LogP contribution in [0.1, 0.15) is 45.9 Å². The fourth-order valence-corrected chi connectivity index (χ4v) is 3.88. The number of carbonyl (C=O) groups excluding carboxylic acids is 1. The van der Waals surface area contributed by atoms with Gasteiger partial charge in [0.05, 0.1) is 18.3 Å². The summed E-state index contributed by atoms with van der Waals surface area (Å²) >= 11 is 0. The quantitative estimate of drug-likeness (QED) is 0.466. The van der Waals surface area contributed by atoms with Crippen LogP contribution in [0.3, 0.4) is 0 Å². The van der Waals surface area contributed by atoms with Gasteiger partial charge in [-0.05, 0) is 71.4 Å². The van der Waals surface area contributed by atoms with Gasteiger partial charge in [0.25, 0.3) is 0 Å². The van der Waals surface area contributed by atoms with Gasteiger partial charge in [-0.25, -0.2) is 18.4 Å². The van der Waals surface area contributed by atoms with Crippen LogP contribution >= 0.6 is 0 Å². The van der Waals surface area contributed by atoms with Crippen LogP contribution < -0.4 is 20.1 Å². The molecule has 0 bridgehead atoms. The maximum Gasteiger partial charge on any atom is 0.416 e. The number of benzene rings is 1. The predicted molar refractivity (Wildman–Crippen MR) is 131 cm³/mol. The Morgan fingerprint density at radius 2 is 1.81 bits per heavy atom. The Morgan fingerprint density at radius 3 is 2.41 bits per heavy atom. The maximum atomic E-state index is 14.6. The number of fused-ring (bicyclic) bond motifs is 1. The van der Waals surface area contributed by atoms with E-state index < -0.39 is 40.3 Å². The molecule has 2 aromatic heterocycles. The first-order chi connectivity index (χ1) is 17.2. The molecule has 0 saturated heterocycles. The fraction of sp³-hybridized carbons (Fsp3) is 0.385. The number of ether oxygens (including phenoxy) is 3. The summed E-state index contributed by atoms with van der Waals surface area (Å²) in [4.78, 5) is 34.9. The van der Waals surface area contributed by atoms with E-state index in [1.54, 1.807) is 53.7 Å². The first kappa shape index (κ1) is 26.1. The predicted octanol–water partition coefficient (Wildman–Crippen LogP) is 5.13. The molecule has 4 rings (SSSR count). The molecule has 1 aliphatic heterocycles. The monoisotopic (exact) mass is 514 g/mol. The highest BCUT2D eigenvalue weighted by atomic mass is 19.1. The zero-order valence-electron chi connectivity index (χ0n) is 21.5. The summed E-state index contributed by atoms with van der Waals surface area (Å²) in [6.07, 6.45) is 0.745. The first-order valence-corrected chi connectivity index (χ1v) is 11.6. The molecule has 3 heterocycles. The maximum absolute atomic E-state index is 14.6. The van der Waals surface area contributed by atoms with Crippen molar-refractivity contribution < 1.29 is 27.8 Å². The van der Waals surface area contributed by atoms with Crippen molar-refractivity contribution in [1.82, 2.24) is 14.5 Å². The lowest BCUT2D eigenvalue weighted by Crippen LogP contribution is -2.47. The van der Waals surface area contributed by atoms with Gasteiger partial charge in [-0.1, -0.05) is 0 Å². The molecule has 1 aromatic carbocycles. The standard InChI is InChI=1S/C26H28F2N4O5/c1-15-7-8-17(12-29-15)36-22-18(27)9-16(10-19(22)28)13-35-20-11-21-31(23(33)30-20)14-26(5,6)32(21)24(34)37-25(2,3)4/h7-12H,13-14H2,1-6H3. The van der Waals surface area contributed by atoms with Crippen molar-refractivity contribution in [1.29, 1.82) is 0 Å². The molecule has 0 N–H and O–H groups in total. The number of anilines is 1. The highest BCUT2D eigenvalue weighted by molar-refractivity contribution is 5.89. The van der Waals surface area contributed by atoms with Crippen molar-refractivity contribution in [2.75, 3.05) is 4.90 Å². The summed E-state index contributed by atoms with van der Waals surface area (Å²) in [6.45, 7) is 10.5. The number of aryl methyl sites for hydroxylation is 1. The van der Waals surface area contributed by atoms with Crippen LogP contribution in [0.4, 0.5) is 19.4 Å². The molecule has 0 spiro atoms. The van der Waals surface area contributed by atoms with Crippen LogP contribution in [-0.2, 0) is 17.9 Å². The molecular formula is C26H28F2N4O5. The third-order valence-corrected chi connectivity index (χ3v) is 5.47. The third kappa shape index (κ3) is 5.71. The van der Waals surface area contributed by atoms with E-state index >= 15 is 0 Å². The summed E-state index contributed by atoms with van der Waals surface area (Å²) in [5.74, 6) is -2.10. The minimum atomic E-state index is -0.931. The van der Waals surface area contributed by atoms with E-state index in [0.717, 1.165) is 17.8 Å². The molecule has 196 valence electrons. The molecule has 1 amide bonds. The summed E-state index contributed by atoms with van der Waals surface area (Å²) < 4.78 is 47.0. The Balaban J connectivity index is 1.55. The molecule has 0 atom stereocenters. The number of nitrogens with zero attached hydrogens (tertiary/aromatic N) is 4. The van der Waals surface area contributed by atoms with E-state index in [1.807, 2.05) is 0 Å². The molecule has 0 unspecified atom stereocenters. The molecule has 0 saturated carbocycles. The SMILES string of the molecule is Cc1ccc(Oc2c(F)cc(COc3cc4n(c(=O)n3)CC(C)(C)N4C(=O)OC(C)(C)C)cc2F)cn1. The molecule has 0 radical (unpaired) electrons. The number of carbonyl (C=O) groups is 1. The van der Waals surface area contributed by atoms with Crippen LogP contribution in [0.5, 0.6) is 17.4 Å². The molecule has 37 heavy (non-hydrogen) atoms. The van der Waals surface area contributed by atoms with Gasteiger partial charge in [-0.2, -0.15) is 4.98 Å². The van der Waals surface area contributed by atoms with Crippen LogP contribution in [0, 0.1) is 18.6 Å². The Morgan fingerprint density at radius 1 is 1.14 bits per heavy atom. The van der Waals surface area contributed by atoms with Crippen molar-refractivity contribution >= 4 is 11.9 Å². The number of rotatable bonds is 5. The number of hydrogen-bond acceptors (Lipinski definition) is 7. The lowest BCUT2D eigenvalue weighted by atomic mass is 10.1.